The number of hydrogen-bond acceptors (Lipinski definition) is 3. The van der Waals surface area contributed by atoms with Gasteiger partial charge in [0.15, 0.2) is 0 Å². The molecule has 0 aliphatic carbocycles. The van der Waals surface area contributed by atoms with Gasteiger partial charge in [0.25, 0.3) is 0 Å². The summed E-state index contributed by atoms with van der Waals surface area (Å²) in [4.78, 5) is 14.2. The van der Waals surface area contributed by atoms with Crippen LogP contribution in [0.25, 0.3) is 0 Å². The van der Waals surface area contributed by atoms with Crippen LogP contribution < -0.4 is 5.32 Å². The molecule has 1 heterocycles. The first-order valence-corrected chi connectivity index (χ1v) is 5.86. The summed E-state index contributed by atoms with van der Waals surface area (Å²) >= 11 is 0. The highest BCUT2D eigenvalue weighted by molar-refractivity contribution is 5.86. The van der Waals surface area contributed by atoms with Crippen LogP contribution in [0.3, 0.4) is 0 Å². The van der Waals surface area contributed by atoms with Crippen molar-refractivity contribution < 1.29 is 9.53 Å². The molecular weight excluding hydrogens is 204 g/mol. The van der Waals surface area contributed by atoms with Gasteiger partial charge in [-0.3, -0.25) is 9.69 Å². The number of piperazine rings is 1. The third-order valence-corrected chi connectivity index (χ3v) is 3.16. The van der Waals surface area contributed by atoms with Gasteiger partial charge in [0.1, 0.15) is 0 Å². The number of nitrogens with zero attached hydrogens (tertiary/aromatic N) is 1. The van der Waals surface area contributed by atoms with Gasteiger partial charge in [0.2, 0.25) is 5.91 Å². The summed E-state index contributed by atoms with van der Waals surface area (Å²) in [5.74, 6) is 0.112. The molecule has 16 heavy (non-hydrogen) atoms. The van der Waals surface area contributed by atoms with Crippen molar-refractivity contribution in [1.82, 2.24) is 10.2 Å². The maximum absolute atomic E-state index is 12.0. The van der Waals surface area contributed by atoms with Crippen LogP contribution in [0.2, 0.25) is 0 Å². The number of carbonyl (C=O) groups is 1. The highest BCUT2D eigenvalue weighted by atomic mass is 16.5. The summed E-state index contributed by atoms with van der Waals surface area (Å²) in [6.07, 6.45) is 0.962. The number of ether oxygens (including phenoxy) is 1. The molecule has 1 aliphatic rings. The predicted molar refractivity (Wildman–Crippen MR) is 64.4 cm³/mol. The van der Waals surface area contributed by atoms with Crippen LogP contribution in [0, 0.1) is 0 Å². The van der Waals surface area contributed by atoms with E-state index in [1.54, 1.807) is 7.11 Å². The Bertz CT molecular complexity index is 262. The molecule has 0 aromatic rings. The summed E-state index contributed by atoms with van der Waals surface area (Å²) in [5, 5.41) is 3.05. The first kappa shape index (κ1) is 13.5. The second-order valence-corrected chi connectivity index (χ2v) is 5.66. The number of nitrogens with one attached hydrogen (secondary N) is 1. The van der Waals surface area contributed by atoms with Crippen LogP contribution in [-0.4, -0.2) is 48.7 Å². The molecule has 1 rings (SSSR count). The van der Waals surface area contributed by atoms with E-state index in [9.17, 15) is 4.79 Å². The monoisotopic (exact) mass is 228 g/mol. The Morgan fingerprint density at radius 1 is 1.38 bits per heavy atom. The third kappa shape index (κ3) is 2.95. The van der Waals surface area contributed by atoms with Gasteiger partial charge in [-0.1, -0.05) is 0 Å². The maximum Gasteiger partial charge on any atom is 0.240 e. The van der Waals surface area contributed by atoms with Gasteiger partial charge in [-0.05, 0) is 34.1 Å². The quantitative estimate of drug-likeness (QED) is 0.730. The van der Waals surface area contributed by atoms with Crippen LogP contribution in [0.15, 0.2) is 0 Å². The fourth-order valence-corrected chi connectivity index (χ4v) is 2.08. The number of amides is 1. The van der Waals surface area contributed by atoms with Gasteiger partial charge >= 0.3 is 0 Å². The Balaban J connectivity index is 2.67. The molecule has 1 fully saturated rings. The molecule has 1 aliphatic heterocycles. The maximum atomic E-state index is 12.0. The average Bonchev–Trinajstić information content (AvgIpc) is 2.13. The zero-order valence-electron chi connectivity index (χ0n) is 11.1. The average molecular weight is 228 g/mol. The summed E-state index contributed by atoms with van der Waals surface area (Å²) < 4.78 is 5.05. The van der Waals surface area contributed by atoms with Crippen molar-refractivity contribution in [3.63, 3.8) is 0 Å². The van der Waals surface area contributed by atoms with Crippen LogP contribution >= 0.6 is 0 Å². The molecule has 0 radical (unpaired) electrons. The number of hydrogen-bond donors (Lipinski definition) is 1. The molecule has 4 nitrogen and oxygen atoms in total. The smallest absolute Gasteiger partial charge is 0.240 e. The minimum atomic E-state index is -0.413. The van der Waals surface area contributed by atoms with Crippen LogP contribution in [0.5, 0.6) is 0 Å². The number of carbonyl (C=O) groups excluding carboxylic acids is 1. The second-order valence-electron chi connectivity index (χ2n) is 5.66. The van der Waals surface area contributed by atoms with Crippen molar-refractivity contribution in [3.05, 3.63) is 0 Å². The molecule has 94 valence electrons. The zero-order chi connectivity index (χ0) is 12.4. The lowest BCUT2D eigenvalue weighted by Gasteiger charge is -2.48. The minimum Gasteiger partial charge on any atom is -0.385 e. The normalized spacial score (nSPS) is 24.2. The molecule has 0 aromatic heterocycles. The van der Waals surface area contributed by atoms with E-state index in [2.05, 4.69) is 24.1 Å². The summed E-state index contributed by atoms with van der Waals surface area (Å²) in [6, 6.07) is 0. The van der Waals surface area contributed by atoms with Crippen LogP contribution in [-0.2, 0) is 9.53 Å². The van der Waals surface area contributed by atoms with Gasteiger partial charge in [-0.15, -0.1) is 0 Å². The Morgan fingerprint density at radius 2 is 2.00 bits per heavy atom. The van der Waals surface area contributed by atoms with E-state index >= 15 is 0 Å². The fourth-order valence-electron chi connectivity index (χ4n) is 2.08. The van der Waals surface area contributed by atoms with Crippen molar-refractivity contribution in [2.45, 2.75) is 45.2 Å². The van der Waals surface area contributed by atoms with Gasteiger partial charge in [-0.25, -0.2) is 0 Å². The van der Waals surface area contributed by atoms with E-state index in [0.29, 0.717) is 0 Å². The first-order chi connectivity index (χ1) is 7.29. The minimum absolute atomic E-state index is 0.112. The van der Waals surface area contributed by atoms with Crippen molar-refractivity contribution in [2.24, 2.45) is 0 Å². The SMILES string of the molecule is COCCCN1CC(C)(C)NC(=O)C1(C)C. The Hall–Kier alpha value is -0.610. The van der Waals surface area contributed by atoms with Gasteiger partial charge in [-0.2, -0.15) is 0 Å². The van der Waals surface area contributed by atoms with E-state index in [1.165, 1.54) is 0 Å². The lowest BCUT2D eigenvalue weighted by Crippen LogP contribution is -2.69. The van der Waals surface area contributed by atoms with E-state index < -0.39 is 5.54 Å². The Morgan fingerprint density at radius 3 is 2.56 bits per heavy atom. The molecule has 1 saturated heterocycles. The molecule has 1 N–H and O–H groups in total. The Kier molecular flexibility index (Phi) is 3.97. The second kappa shape index (κ2) is 4.72. The number of methoxy groups -OCH3 is 1. The summed E-state index contributed by atoms with van der Waals surface area (Å²) in [7, 11) is 1.71. The lowest BCUT2D eigenvalue weighted by molar-refractivity contribution is -0.139. The van der Waals surface area contributed by atoms with E-state index in [4.69, 9.17) is 4.74 Å². The van der Waals surface area contributed by atoms with E-state index in [1.807, 2.05) is 13.8 Å². The summed E-state index contributed by atoms with van der Waals surface area (Å²) in [6.45, 7) is 10.6. The highest BCUT2D eigenvalue weighted by Crippen LogP contribution is 2.24. The molecule has 0 aromatic carbocycles. The molecule has 0 unspecified atom stereocenters. The first-order valence-electron chi connectivity index (χ1n) is 5.86. The lowest BCUT2D eigenvalue weighted by atomic mass is 9.90. The van der Waals surface area contributed by atoms with Gasteiger partial charge in [0.05, 0.1) is 5.54 Å². The van der Waals surface area contributed by atoms with Crippen LogP contribution in [0.1, 0.15) is 34.1 Å². The molecule has 0 saturated carbocycles. The molecule has 0 atom stereocenters. The fraction of sp³-hybridized carbons (Fsp3) is 0.917. The van der Waals surface area contributed by atoms with Crippen LogP contribution in [0.4, 0.5) is 0 Å². The molecule has 0 spiro atoms. The largest absolute Gasteiger partial charge is 0.385 e. The molecule has 4 heteroatoms. The molecule has 0 bridgehead atoms. The molecule has 1 amide bonds. The molecular formula is C12H24N2O2. The Labute approximate surface area is 98.3 Å². The standard InChI is InChI=1S/C12H24N2O2/c1-11(2)9-14(7-6-8-16-5)12(3,4)10(15)13-11/h6-9H2,1-5H3,(H,13,15). The highest BCUT2D eigenvalue weighted by Gasteiger charge is 2.43. The zero-order valence-corrected chi connectivity index (χ0v) is 11.1. The van der Waals surface area contributed by atoms with Crippen molar-refractivity contribution in [2.75, 3.05) is 26.8 Å². The van der Waals surface area contributed by atoms with Crippen molar-refractivity contribution >= 4 is 5.91 Å². The van der Waals surface area contributed by atoms with Gasteiger partial charge < -0.3 is 10.1 Å². The van der Waals surface area contributed by atoms with E-state index in [0.717, 1.165) is 26.1 Å². The topological polar surface area (TPSA) is 41.6 Å². The van der Waals surface area contributed by atoms with Crippen molar-refractivity contribution in [3.8, 4) is 0 Å². The third-order valence-electron chi connectivity index (χ3n) is 3.16. The predicted octanol–water partition coefficient (Wildman–Crippen LogP) is 1.01. The van der Waals surface area contributed by atoms with E-state index in [-0.39, 0.29) is 11.4 Å². The number of rotatable bonds is 4. The van der Waals surface area contributed by atoms with Gasteiger partial charge in [0, 0.05) is 32.3 Å². The van der Waals surface area contributed by atoms with Crippen molar-refractivity contribution in [1.29, 1.82) is 0 Å². The summed E-state index contributed by atoms with van der Waals surface area (Å²) in [5.41, 5.74) is -0.553.